The highest BCUT2D eigenvalue weighted by Gasteiger charge is 2.29. The van der Waals surface area contributed by atoms with Crippen molar-refractivity contribution < 1.29 is 18.6 Å². The largest absolute Gasteiger partial charge is 0.485 e. The van der Waals surface area contributed by atoms with Crippen LogP contribution < -0.4 is 9.64 Å². The highest BCUT2D eigenvalue weighted by molar-refractivity contribution is 7.99. The number of aromatic nitrogens is 2. The van der Waals surface area contributed by atoms with Crippen molar-refractivity contribution in [2.45, 2.75) is 25.7 Å². The SMILES string of the molecule is CC1(C)OCC(Oc2ccc3nc(C=Cc4cnc(N5CCSCC5)s4)oc3c2)CO1. The molecule has 4 heterocycles. The van der Waals surface area contributed by atoms with Gasteiger partial charge >= 0.3 is 0 Å². The molecule has 7 nitrogen and oxygen atoms in total. The van der Waals surface area contributed by atoms with Gasteiger partial charge in [-0.05, 0) is 32.1 Å². The topological polar surface area (TPSA) is 69.9 Å². The zero-order chi connectivity index (χ0) is 21.3. The first-order valence-corrected chi connectivity index (χ1v) is 12.3. The van der Waals surface area contributed by atoms with Gasteiger partial charge in [0.15, 0.2) is 16.5 Å². The van der Waals surface area contributed by atoms with Crippen LogP contribution in [0.15, 0.2) is 28.8 Å². The Morgan fingerprint density at radius 2 is 1.97 bits per heavy atom. The molecule has 0 unspecified atom stereocenters. The third kappa shape index (κ3) is 5.06. The van der Waals surface area contributed by atoms with Crippen LogP contribution in [-0.2, 0) is 9.47 Å². The van der Waals surface area contributed by atoms with E-state index in [1.807, 2.05) is 62.2 Å². The second-order valence-corrected chi connectivity index (χ2v) is 10.2. The van der Waals surface area contributed by atoms with Gasteiger partial charge in [-0.1, -0.05) is 11.3 Å². The molecule has 3 aromatic rings. The number of ether oxygens (including phenoxy) is 3. The molecular formula is C22H25N3O4S2. The monoisotopic (exact) mass is 459 g/mol. The van der Waals surface area contributed by atoms with Crippen LogP contribution in [0.5, 0.6) is 5.75 Å². The molecule has 0 aliphatic carbocycles. The van der Waals surface area contributed by atoms with Gasteiger partial charge in [0.2, 0.25) is 5.89 Å². The van der Waals surface area contributed by atoms with E-state index in [1.54, 1.807) is 11.3 Å². The number of rotatable bonds is 5. The van der Waals surface area contributed by atoms with Crippen LogP contribution in [0.4, 0.5) is 5.13 Å². The third-order valence-corrected chi connectivity index (χ3v) is 7.06. The van der Waals surface area contributed by atoms with Crippen LogP contribution in [-0.4, -0.2) is 59.7 Å². The maximum Gasteiger partial charge on any atom is 0.220 e. The number of hydrogen-bond donors (Lipinski definition) is 0. The van der Waals surface area contributed by atoms with Gasteiger partial charge in [-0.15, -0.1) is 0 Å². The quantitative estimate of drug-likeness (QED) is 0.551. The molecule has 1 aromatic carbocycles. The lowest BCUT2D eigenvalue weighted by Gasteiger charge is -2.34. The van der Waals surface area contributed by atoms with Gasteiger partial charge in [0.1, 0.15) is 17.4 Å². The van der Waals surface area contributed by atoms with E-state index >= 15 is 0 Å². The third-order valence-electron chi connectivity index (χ3n) is 5.10. The molecule has 0 N–H and O–H groups in total. The summed E-state index contributed by atoms with van der Waals surface area (Å²) in [5, 5.41) is 1.08. The highest BCUT2D eigenvalue weighted by atomic mass is 32.2. The van der Waals surface area contributed by atoms with Gasteiger partial charge in [0, 0.05) is 47.8 Å². The van der Waals surface area contributed by atoms with Gasteiger partial charge in [-0.3, -0.25) is 0 Å². The summed E-state index contributed by atoms with van der Waals surface area (Å²) in [6, 6.07) is 5.65. The van der Waals surface area contributed by atoms with E-state index in [2.05, 4.69) is 14.9 Å². The number of hydrogen-bond acceptors (Lipinski definition) is 9. The Morgan fingerprint density at radius 1 is 1.16 bits per heavy atom. The van der Waals surface area contributed by atoms with E-state index in [0.29, 0.717) is 30.4 Å². The molecule has 2 fully saturated rings. The maximum absolute atomic E-state index is 5.99. The number of thioether (sulfide) groups is 1. The number of anilines is 1. The van der Waals surface area contributed by atoms with Crippen LogP contribution in [0, 0.1) is 0 Å². The summed E-state index contributed by atoms with van der Waals surface area (Å²) in [7, 11) is 0. The van der Waals surface area contributed by atoms with Crippen molar-refractivity contribution in [3.8, 4) is 5.75 Å². The van der Waals surface area contributed by atoms with Gasteiger partial charge in [-0.2, -0.15) is 11.8 Å². The molecule has 2 aliphatic rings. The van der Waals surface area contributed by atoms with Gasteiger partial charge in [0.05, 0.1) is 13.2 Å². The zero-order valence-corrected chi connectivity index (χ0v) is 19.2. The standard InChI is InChI=1S/C22H25N3O4S2/c1-22(2)26-13-16(14-27-22)28-15-3-5-18-19(11-15)29-20(24-18)6-4-17-12-23-21(31-17)25-7-9-30-10-8-25/h3-6,11-12,16H,7-10,13-14H2,1-2H3. The maximum atomic E-state index is 5.99. The number of oxazole rings is 1. The molecule has 0 amide bonds. The van der Waals surface area contributed by atoms with Crippen LogP contribution >= 0.6 is 23.1 Å². The molecule has 5 rings (SSSR count). The minimum absolute atomic E-state index is 0.146. The van der Waals surface area contributed by atoms with E-state index in [1.165, 1.54) is 0 Å². The van der Waals surface area contributed by atoms with Gasteiger partial charge in [0.25, 0.3) is 0 Å². The Balaban J connectivity index is 1.24. The zero-order valence-electron chi connectivity index (χ0n) is 17.6. The first-order valence-electron chi connectivity index (χ1n) is 10.4. The van der Waals surface area contributed by atoms with Crippen molar-refractivity contribution in [1.29, 1.82) is 0 Å². The second-order valence-electron chi connectivity index (χ2n) is 7.92. The Kier molecular flexibility index (Phi) is 5.92. The first-order chi connectivity index (χ1) is 15.0. The van der Waals surface area contributed by atoms with E-state index < -0.39 is 5.79 Å². The van der Waals surface area contributed by atoms with Crippen molar-refractivity contribution in [3.63, 3.8) is 0 Å². The highest BCUT2D eigenvalue weighted by Crippen LogP contribution is 2.28. The van der Waals surface area contributed by atoms with Crippen molar-refractivity contribution in [2.75, 3.05) is 42.7 Å². The lowest BCUT2D eigenvalue weighted by molar-refractivity contribution is -0.268. The molecule has 2 saturated heterocycles. The van der Waals surface area contributed by atoms with E-state index in [-0.39, 0.29) is 6.10 Å². The molecule has 164 valence electrons. The van der Waals surface area contributed by atoms with E-state index in [4.69, 9.17) is 18.6 Å². The van der Waals surface area contributed by atoms with Crippen molar-refractivity contribution in [3.05, 3.63) is 35.2 Å². The lowest BCUT2D eigenvalue weighted by Crippen LogP contribution is -2.44. The molecule has 0 radical (unpaired) electrons. The smallest absolute Gasteiger partial charge is 0.220 e. The molecule has 31 heavy (non-hydrogen) atoms. The number of fused-ring (bicyclic) bond motifs is 1. The van der Waals surface area contributed by atoms with Crippen molar-refractivity contribution in [1.82, 2.24) is 9.97 Å². The van der Waals surface area contributed by atoms with E-state index in [0.717, 1.165) is 40.1 Å². The fourth-order valence-electron chi connectivity index (χ4n) is 3.41. The average Bonchev–Trinajstić information content (AvgIpc) is 3.41. The van der Waals surface area contributed by atoms with Gasteiger partial charge in [-0.25, -0.2) is 9.97 Å². The number of thiazole rings is 1. The minimum atomic E-state index is -0.554. The summed E-state index contributed by atoms with van der Waals surface area (Å²) >= 11 is 3.69. The molecule has 2 aliphatic heterocycles. The van der Waals surface area contributed by atoms with Crippen molar-refractivity contribution >= 4 is 51.5 Å². The van der Waals surface area contributed by atoms with Crippen LogP contribution in [0.3, 0.4) is 0 Å². The molecule has 0 atom stereocenters. The molecule has 9 heteroatoms. The average molecular weight is 460 g/mol. The van der Waals surface area contributed by atoms with Crippen LogP contribution in [0.1, 0.15) is 24.6 Å². The fourth-order valence-corrected chi connectivity index (χ4v) is 5.19. The summed E-state index contributed by atoms with van der Waals surface area (Å²) < 4.78 is 23.2. The summed E-state index contributed by atoms with van der Waals surface area (Å²) in [5.41, 5.74) is 1.48. The predicted molar refractivity (Wildman–Crippen MR) is 125 cm³/mol. The van der Waals surface area contributed by atoms with E-state index in [9.17, 15) is 0 Å². The number of benzene rings is 1. The molecule has 0 bridgehead atoms. The first kappa shape index (κ1) is 20.8. The van der Waals surface area contributed by atoms with Gasteiger partial charge < -0.3 is 23.5 Å². The second kappa shape index (κ2) is 8.82. The molecule has 0 saturated carbocycles. The summed E-state index contributed by atoms with van der Waals surface area (Å²) in [5.74, 6) is 3.04. The van der Waals surface area contributed by atoms with Crippen LogP contribution in [0.25, 0.3) is 23.3 Å². The Bertz CT molecular complexity index is 1060. The predicted octanol–water partition coefficient (Wildman–Crippen LogP) is 4.54. The molecular weight excluding hydrogens is 434 g/mol. The lowest BCUT2D eigenvalue weighted by atomic mass is 10.3. The number of nitrogens with zero attached hydrogens (tertiary/aromatic N) is 3. The molecule has 0 spiro atoms. The Morgan fingerprint density at radius 3 is 2.77 bits per heavy atom. The summed E-state index contributed by atoms with van der Waals surface area (Å²) in [6.07, 6.45) is 5.64. The fraction of sp³-hybridized carbons (Fsp3) is 0.455. The Labute approximate surface area is 189 Å². The summed E-state index contributed by atoms with van der Waals surface area (Å²) in [4.78, 5) is 12.5. The van der Waals surface area contributed by atoms with Crippen molar-refractivity contribution in [2.24, 2.45) is 0 Å². The summed E-state index contributed by atoms with van der Waals surface area (Å²) in [6.45, 7) is 6.91. The normalized spacial score (nSPS) is 20.0. The van der Waals surface area contributed by atoms with Crippen LogP contribution in [0.2, 0.25) is 0 Å². The Hall–Kier alpha value is -2.07. The molecule has 2 aromatic heterocycles. The minimum Gasteiger partial charge on any atom is -0.485 e.